The number of hydrogen-bond donors (Lipinski definition) is 1. The van der Waals surface area contributed by atoms with Crippen LogP contribution in [0.3, 0.4) is 0 Å². The van der Waals surface area contributed by atoms with Crippen molar-refractivity contribution in [3.8, 4) is 5.75 Å². The zero-order valence-electron chi connectivity index (χ0n) is 12.2. The van der Waals surface area contributed by atoms with Crippen LogP contribution in [0.1, 0.15) is 24.5 Å². The summed E-state index contributed by atoms with van der Waals surface area (Å²) in [5.41, 5.74) is 3.72. The summed E-state index contributed by atoms with van der Waals surface area (Å²) >= 11 is 0. The van der Waals surface area contributed by atoms with Gasteiger partial charge in [0.05, 0.1) is 7.11 Å². The molecule has 3 nitrogen and oxygen atoms in total. The number of nitrogens with one attached hydrogen (secondary N) is 1. The number of nitrogens with zero attached hydrogens (tertiary/aromatic N) is 1. The third kappa shape index (κ3) is 1.09. The third-order valence-electron chi connectivity index (χ3n) is 5.95. The van der Waals surface area contributed by atoms with Crippen molar-refractivity contribution in [2.24, 2.45) is 0 Å². The van der Waals surface area contributed by atoms with Crippen LogP contribution in [0.25, 0.3) is 0 Å². The molecule has 0 aromatic heterocycles. The predicted octanol–water partition coefficient (Wildman–Crippen LogP) is 1.51. The van der Waals surface area contributed by atoms with E-state index >= 15 is 0 Å². The first-order chi connectivity index (χ1) is 9.06. The van der Waals surface area contributed by atoms with Crippen LogP contribution < -0.4 is 10.1 Å². The standard InChI is InChI=1S/C16H22N2O/c1-15-8-16(9-18(3)14(16)13(15)17-2)11-6-5-10(19-4)7-12(11)15/h5-7,13-14,17H,8-9H2,1-4H3/t13-,14+,15-,16?/m1/s1. The highest BCUT2D eigenvalue weighted by Gasteiger charge is 2.71. The second-order valence-corrected chi connectivity index (χ2v) is 6.79. The molecule has 1 N–H and O–H groups in total. The predicted molar refractivity (Wildman–Crippen MR) is 75.9 cm³/mol. The maximum absolute atomic E-state index is 5.43. The molecule has 0 radical (unpaired) electrons. The highest BCUT2D eigenvalue weighted by molar-refractivity contribution is 5.58. The minimum absolute atomic E-state index is 0.244. The summed E-state index contributed by atoms with van der Waals surface area (Å²) in [6.45, 7) is 3.62. The SMILES string of the molecule is CN[C@@H]1[C@@H]2N(C)CC23C[C@]1(C)c1cc(OC)ccc13. The molecule has 2 fully saturated rings. The van der Waals surface area contributed by atoms with Crippen LogP contribution >= 0.6 is 0 Å². The molecule has 1 unspecified atom stereocenters. The molecular formula is C16H22N2O. The fraction of sp³-hybridized carbons (Fsp3) is 0.625. The quantitative estimate of drug-likeness (QED) is 0.870. The van der Waals surface area contributed by atoms with Crippen molar-refractivity contribution < 1.29 is 4.74 Å². The smallest absolute Gasteiger partial charge is 0.119 e. The summed E-state index contributed by atoms with van der Waals surface area (Å²) in [5.74, 6) is 0.989. The van der Waals surface area contributed by atoms with Gasteiger partial charge in [-0.25, -0.2) is 0 Å². The lowest BCUT2D eigenvalue weighted by Crippen LogP contribution is -2.70. The molecule has 1 saturated carbocycles. The Labute approximate surface area is 114 Å². The van der Waals surface area contributed by atoms with Crippen molar-refractivity contribution >= 4 is 0 Å². The Balaban J connectivity index is 1.93. The van der Waals surface area contributed by atoms with E-state index in [1.54, 1.807) is 12.7 Å². The van der Waals surface area contributed by atoms with Crippen LogP contribution in [-0.2, 0) is 10.8 Å². The van der Waals surface area contributed by atoms with Gasteiger partial charge in [0.25, 0.3) is 0 Å². The molecule has 3 heteroatoms. The molecule has 2 bridgehead atoms. The summed E-state index contributed by atoms with van der Waals surface area (Å²) in [5, 5.41) is 3.59. The van der Waals surface area contributed by atoms with Crippen LogP contribution in [0, 0.1) is 0 Å². The van der Waals surface area contributed by atoms with Crippen molar-refractivity contribution in [1.82, 2.24) is 10.2 Å². The van der Waals surface area contributed by atoms with Gasteiger partial charge in [0, 0.05) is 29.5 Å². The summed E-state index contributed by atoms with van der Waals surface area (Å²) in [6, 6.07) is 7.91. The largest absolute Gasteiger partial charge is 0.497 e. The average Bonchev–Trinajstić information content (AvgIpc) is 2.79. The van der Waals surface area contributed by atoms with Crippen molar-refractivity contribution in [1.29, 1.82) is 0 Å². The van der Waals surface area contributed by atoms with Crippen molar-refractivity contribution in [3.05, 3.63) is 29.3 Å². The highest BCUT2D eigenvalue weighted by Crippen LogP contribution is 2.66. The van der Waals surface area contributed by atoms with Crippen molar-refractivity contribution in [2.45, 2.75) is 36.3 Å². The minimum Gasteiger partial charge on any atom is -0.497 e. The first-order valence-electron chi connectivity index (χ1n) is 7.13. The van der Waals surface area contributed by atoms with Gasteiger partial charge in [-0.2, -0.15) is 0 Å². The average molecular weight is 258 g/mol. The molecule has 102 valence electrons. The van der Waals surface area contributed by atoms with Crippen LogP contribution in [-0.4, -0.2) is 44.7 Å². The Hall–Kier alpha value is -1.06. The maximum Gasteiger partial charge on any atom is 0.119 e. The molecule has 19 heavy (non-hydrogen) atoms. The van der Waals surface area contributed by atoms with Gasteiger partial charge in [-0.15, -0.1) is 0 Å². The van der Waals surface area contributed by atoms with Crippen LogP contribution in [0.5, 0.6) is 5.75 Å². The molecule has 1 aromatic rings. The van der Waals surface area contributed by atoms with E-state index in [1.807, 2.05) is 0 Å². The number of likely N-dealkylation sites (tertiary alicyclic amines) is 1. The minimum atomic E-state index is 0.244. The van der Waals surface area contributed by atoms with Gasteiger partial charge in [-0.3, -0.25) is 4.90 Å². The summed E-state index contributed by atoms with van der Waals surface area (Å²) in [4.78, 5) is 2.51. The summed E-state index contributed by atoms with van der Waals surface area (Å²) < 4.78 is 5.43. The third-order valence-corrected chi connectivity index (χ3v) is 5.95. The number of rotatable bonds is 2. The van der Waals surface area contributed by atoms with E-state index in [0.717, 1.165) is 5.75 Å². The molecule has 1 saturated heterocycles. The molecule has 1 aromatic carbocycles. The van der Waals surface area contributed by atoms with Crippen LogP contribution in [0.4, 0.5) is 0 Å². The van der Waals surface area contributed by atoms with E-state index in [9.17, 15) is 0 Å². The van der Waals surface area contributed by atoms with Gasteiger partial charge in [-0.05, 0) is 43.8 Å². The van der Waals surface area contributed by atoms with E-state index in [1.165, 1.54) is 18.5 Å². The monoisotopic (exact) mass is 258 g/mol. The number of ether oxygens (including phenoxy) is 1. The molecule has 4 rings (SSSR count). The summed E-state index contributed by atoms with van der Waals surface area (Å²) in [6.07, 6.45) is 1.28. The number of fused-ring (bicyclic) bond motifs is 3. The first kappa shape index (κ1) is 11.7. The lowest BCUT2D eigenvalue weighted by Gasteiger charge is -2.56. The van der Waals surface area contributed by atoms with E-state index < -0.39 is 0 Å². The van der Waals surface area contributed by atoms with E-state index in [0.29, 0.717) is 17.5 Å². The Bertz CT molecular complexity index is 558. The molecule has 0 amide bonds. The highest BCUT2D eigenvalue weighted by atomic mass is 16.5. The van der Waals surface area contributed by atoms with E-state index in [4.69, 9.17) is 4.74 Å². The zero-order chi connectivity index (χ0) is 13.4. The van der Waals surface area contributed by atoms with Gasteiger partial charge in [0.2, 0.25) is 0 Å². The molecule has 1 aliphatic heterocycles. The fourth-order valence-corrected chi connectivity index (χ4v) is 5.43. The second-order valence-electron chi connectivity index (χ2n) is 6.79. The molecule has 1 spiro atoms. The Morgan fingerprint density at radius 3 is 2.79 bits per heavy atom. The normalized spacial score (nSPS) is 42.7. The first-order valence-corrected chi connectivity index (χ1v) is 7.13. The fourth-order valence-electron chi connectivity index (χ4n) is 5.43. The maximum atomic E-state index is 5.43. The molecule has 1 heterocycles. The number of hydrogen-bond acceptors (Lipinski definition) is 3. The van der Waals surface area contributed by atoms with Crippen molar-refractivity contribution in [3.63, 3.8) is 0 Å². The Morgan fingerprint density at radius 2 is 2.16 bits per heavy atom. The number of benzene rings is 1. The second kappa shape index (κ2) is 3.33. The van der Waals surface area contributed by atoms with Gasteiger partial charge in [0.1, 0.15) is 5.75 Å². The molecule has 3 aliphatic rings. The van der Waals surface area contributed by atoms with Gasteiger partial charge < -0.3 is 10.1 Å². The van der Waals surface area contributed by atoms with Crippen molar-refractivity contribution in [2.75, 3.05) is 27.7 Å². The topological polar surface area (TPSA) is 24.5 Å². The van der Waals surface area contributed by atoms with Gasteiger partial charge >= 0.3 is 0 Å². The van der Waals surface area contributed by atoms with Gasteiger partial charge in [0.15, 0.2) is 0 Å². The number of methoxy groups -OCH3 is 1. The van der Waals surface area contributed by atoms with Gasteiger partial charge in [-0.1, -0.05) is 13.0 Å². The van der Waals surface area contributed by atoms with Crippen LogP contribution in [0.2, 0.25) is 0 Å². The van der Waals surface area contributed by atoms with E-state index in [-0.39, 0.29) is 5.41 Å². The Morgan fingerprint density at radius 1 is 1.37 bits per heavy atom. The Kier molecular flexibility index (Phi) is 2.06. The lowest BCUT2D eigenvalue weighted by molar-refractivity contribution is 0.0150. The van der Waals surface area contributed by atoms with Crippen LogP contribution in [0.15, 0.2) is 18.2 Å². The van der Waals surface area contributed by atoms with E-state index in [2.05, 4.69) is 49.4 Å². The zero-order valence-corrected chi connectivity index (χ0v) is 12.2. The number of likely N-dealkylation sites (N-methyl/N-ethyl adjacent to an activating group) is 2. The molecule has 2 aliphatic carbocycles. The molecular weight excluding hydrogens is 236 g/mol. The summed E-state index contributed by atoms with van der Waals surface area (Å²) in [7, 11) is 6.12. The molecule has 4 atom stereocenters. The lowest BCUT2D eigenvalue weighted by atomic mass is 9.65.